The highest BCUT2D eigenvalue weighted by Gasteiger charge is 2.59. The van der Waals surface area contributed by atoms with Gasteiger partial charge in [0.05, 0.1) is 36.9 Å². The SMILES string of the molecule is CCOC(=O)CC1(C(=O)OC)c2nc3ccccc3cc2C(=O)N1c1ccc(Cl)cc1. The van der Waals surface area contributed by atoms with Crippen LogP contribution in [-0.2, 0) is 24.6 Å². The number of amides is 1. The van der Waals surface area contributed by atoms with Crippen LogP contribution in [0.25, 0.3) is 10.9 Å². The zero-order valence-corrected chi connectivity index (χ0v) is 17.7. The number of esters is 2. The summed E-state index contributed by atoms with van der Waals surface area (Å²) in [5.41, 5.74) is -0.463. The highest BCUT2D eigenvalue weighted by Crippen LogP contribution is 2.46. The van der Waals surface area contributed by atoms with Crippen molar-refractivity contribution in [2.24, 2.45) is 0 Å². The first-order valence-corrected chi connectivity index (χ1v) is 10.0. The van der Waals surface area contributed by atoms with Gasteiger partial charge in [-0.1, -0.05) is 29.8 Å². The van der Waals surface area contributed by atoms with Gasteiger partial charge in [0.2, 0.25) is 0 Å². The molecule has 31 heavy (non-hydrogen) atoms. The number of rotatable bonds is 5. The molecule has 2 aromatic carbocycles. The molecule has 0 fully saturated rings. The van der Waals surface area contributed by atoms with E-state index in [1.54, 1.807) is 49.4 Å². The Morgan fingerprint density at radius 1 is 1.13 bits per heavy atom. The maximum absolute atomic E-state index is 13.6. The molecular formula is C23H19ClN2O5. The fraction of sp³-hybridized carbons (Fsp3) is 0.217. The number of halogens is 1. The molecule has 1 unspecified atom stereocenters. The summed E-state index contributed by atoms with van der Waals surface area (Å²) in [4.78, 5) is 45.4. The van der Waals surface area contributed by atoms with Crippen molar-refractivity contribution in [2.45, 2.75) is 18.9 Å². The van der Waals surface area contributed by atoms with Gasteiger partial charge in [0.15, 0.2) is 5.54 Å². The van der Waals surface area contributed by atoms with E-state index < -0.39 is 29.8 Å². The maximum atomic E-state index is 13.6. The summed E-state index contributed by atoms with van der Waals surface area (Å²) in [6.07, 6.45) is -0.444. The van der Waals surface area contributed by atoms with Crippen molar-refractivity contribution in [1.29, 1.82) is 0 Å². The van der Waals surface area contributed by atoms with E-state index >= 15 is 0 Å². The predicted molar refractivity (Wildman–Crippen MR) is 115 cm³/mol. The second kappa shape index (κ2) is 8.00. The lowest BCUT2D eigenvalue weighted by molar-refractivity contribution is -0.155. The third-order valence-corrected chi connectivity index (χ3v) is 5.50. The second-order valence-electron chi connectivity index (χ2n) is 7.03. The molecule has 2 heterocycles. The Balaban J connectivity index is 2.03. The number of ether oxygens (including phenoxy) is 2. The molecule has 0 spiro atoms. The van der Waals surface area contributed by atoms with Gasteiger partial charge in [0.1, 0.15) is 0 Å². The van der Waals surface area contributed by atoms with Gasteiger partial charge in [-0.2, -0.15) is 0 Å². The molecule has 158 valence electrons. The lowest BCUT2D eigenvalue weighted by Gasteiger charge is -2.35. The Hall–Kier alpha value is -3.45. The molecule has 0 radical (unpaired) electrons. The quantitative estimate of drug-likeness (QED) is 0.562. The topological polar surface area (TPSA) is 85.8 Å². The normalized spacial score (nSPS) is 17.5. The van der Waals surface area contributed by atoms with Gasteiger partial charge in [-0.25, -0.2) is 9.78 Å². The smallest absolute Gasteiger partial charge is 0.339 e. The molecule has 8 heteroatoms. The van der Waals surface area contributed by atoms with Crippen molar-refractivity contribution >= 4 is 46.0 Å². The fourth-order valence-electron chi connectivity index (χ4n) is 3.93. The van der Waals surface area contributed by atoms with E-state index in [-0.39, 0.29) is 17.9 Å². The van der Waals surface area contributed by atoms with Crippen LogP contribution >= 0.6 is 11.6 Å². The number of methoxy groups -OCH3 is 1. The number of carbonyl (C=O) groups excluding carboxylic acids is 3. The van der Waals surface area contributed by atoms with E-state index in [9.17, 15) is 14.4 Å². The third-order valence-electron chi connectivity index (χ3n) is 5.24. The number of pyridine rings is 1. The summed E-state index contributed by atoms with van der Waals surface area (Å²) < 4.78 is 10.2. The number of aromatic nitrogens is 1. The summed E-state index contributed by atoms with van der Waals surface area (Å²) in [6, 6.07) is 15.3. The van der Waals surface area contributed by atoms with E-state index in [0.717, 1.165) is 5.39 Å². The van der Waals surface area contributed by atoms with Gasteiger partial charge in [-0.15, -0.1) is 0 Å². The predicted octanol–water partition coefficient (Wildman–Crippen LogP) is 3.87. The minimum Gasteiger partial charge on any atom is -0.467 e. The standard InChI is InChI=1S/C23H19ClN2O5/c1-3-31-19(27)13-23(22(29)30-2)20-17(12-14-6-4-5-7-18(14)25-20)21(28)26(23)16-10-8-15(24)9-11-16/h4-12H,3,13H2,1-2H3. The molecule has 0 N–H and O–H groups in total. The number of hydrogen-bond acceptors (Lipinski definition) is 6. The Labute approximate surface area is 183 Å². The van der Waals surface area contributed by atoms with Crippen LogP contribution in [0.15, 0.2) is 54.6 Å². The van der Waals surface area contributed by atoms with Gasteiger partial charge in [0, 0.05) is 16.1 Å². The minimum absolute atomic E-state index is 0.128. The largest absolute Gasteiger partial charge is 0.467 e. The highest BCUT2D eigenvalue weighted by molar-refractivity contribution is 6.30. The summed E-state index contributed by atoms with van der Waals surface area (Å²) in [5, 5.41) is 1.20. The first kappa shape index (κ1) is 20.8. The molecule has 1 aliphatic heterocycles. The average molecular weight is 439 g/mol. The average Bonchev–Trinajstić information content (AvgIpc) is 3.00. The van der Waals surface area contributed by atoms with Gasteiger partial charge in [0.25, 0.3) is 5.91 Å². The van der Waals surface area contributed by atoms with Crippen molar-refractivity contribution < 1.29 is 23.9 Å². The van der Waals surface area contributed by atoms with Gasteiger partial charge in [-0.05, 0) is 43.3 Å². The summed E-state index contributed by atoms with van der Waals surface area (Å²) in [5.74, 6) is -1.90. The zero-order chi connectivity index (χ0) is 22.2. The number of anilines is 1. The minimum atomic E-state index is -1.81. The van der Waals surface area contributed by atoms with Crippen molar-refractivity contribution in [3.8, 4) is 0 Å². The molecule has 1 aliphatic rings. The van der Waals surface area contributed by atoms with Crippen LogP contribution in [0.2, 0.25) is 5.02 Å². The van der Waals surface area contributed by atoms with Crippen LogP contribution in [0, 0.1) is 0 Å². The van der Waals surface area contributed by atoms with Crippen molar-refractivity contribution in [3.05, 3.63) is 70.9 Å². The van der Waals surface area contributed by atoms with E-state index in [1.807, 2.05) is 12.1 Å². The van der Waals surface area contributed by atoms with Gasteiger partial charge < -0.3 is 9.47 Å². The molecule has 3 aromatic rings. The van der Waals surface area contributed by atoms with Gasteiger partial charge in [-0.3, -0.25) is 14.5 Å². The second-order valence-corrected chi connectivity index (χ2v) is 7.46. The van der Waals surface area contributed by atoms with Crippen LogP contribution < -0.4 is 4.90 Å². The van der Waals surface area contributed by atoms with E-state index in [1.165, 1.54) is 12.0 Å². The van der Waals surface area contributed by atoms with E-state index in [4.69, 9.17) is 21.1 Å². The van der Waals surface area contributed by atoms with Crippen molar-refractivity contribution in [2.75, 3.05) is 18.6 Å². The number of nitrogens with zero attached hydrogens (tertiary/aromatic N) is 2. The van der Waals surface area contributed by atoms with Crippen LogP contribution in [0.4, 0.5) is 5.69 Å². The van der Waals surface area contributed by atoms with Crippen LogP contribution in [0.3, 0.4) is 0 Å². The Bertz CT molecular complexity index is 1190. The monoisotopic (exact) mass is 438 g/mol. The van der Waals surface area contributed by atoms with E-state index in [2.05, 4.69) is 4.98 Å². The zero-order valence-electron chi connectivity index (χ0n) is 16.9. The van der Waals surface area contributed by atoms with Gasteiger partial charge >= 0.3 is 11.9 Å². The molecule has 0 aliphatic carbocycles. The summed E-state index contributed by atoms with van der Waals surface area (Å²) in [6.45, 7) is 1.79. The maximum Gasteiger partial charge on any atom is 0.339 e. The summed E-state index contributed by atoms with van der Waals surface area (Å²) >= 11 is 6.02. The number of benzene rings is 2. The molecule has 0 bridgehead atoms. The lowest BCUT2D eigenvalue weighted by Crippen LogP contribution is -2.52. The molecule has 0 saturated carbocycles. The highest BCUT2D eigenvalue weighted by atomic mass is 35.5. The first-order valence-electron chi connectivity index (χ1n) is 9.66. The molecule has 1 aromatic heterocycles. The number of para-hydroxylation sites is 1. The van der Waals surface area contributed by atoms with Crippen molar-refractivity contribution in [1.82, 2.24) is 4.98 Å². The number of carbonyl (C=O) groups is 3. The Morgan fingerprint density at radius 2 is 1.84 bits per heavy atom. The molecule has 4 rings (SSSR count). The van der Waals surface area contributed by atoms with E-state index in [0.29, 0.717) is 16.2 Å². The van der Waals surface area contributed by atoms with Crippen molar-refractivity contribution in [3.63, 3.8) is 0 Å². The summed E-state index contributed by atoms with van der Waals surface area (Å²) in [7, 11) is 1.21. The van der Waals surface area contributed by atoms with Crippen LogP contribution in [-0.4, -0.2) is 36.5 Å². The lowest BCUT2D eigenvalue weighted by atomic mass is 9.89. The Kier molecular flexibility index (Phi) is 5.37. The van der Waals surface area contributed by atoms with Crippen LogP contribution in [0.5, 0.6) is 0 Å². The molecular weight excluding hydrogens is 420 g/mol. The number of fused-ring (bicyclic) bond motifs is 2. The molecule has 1 atom stereocenters. The molecule has 1 amide bonds. The Morgan fingerprint density at radius 3 is 2.52 bits per heavy atom. The first-order chi connectivity index (χ1) is 14.9. The molecule has 0 saturated heterocycles. The number of hydrogen-bond donors (Lipinski definition) is 0. The van der Waals surface area contributed by atoms with Crippen LogP contribution in [0.1, 0.15) is 29.4 Å². The third kappa shape index (κ3) is 3.31. The molecule has 7 nitrogen and oxygen atoms in total. The fourth-order valence-corrected chi connectivity index (χ4v) is 4.06.